The van der Waals surface area contributed by atoms with E-state index in [1.807, 2.05) is 6.92 Å². The van der Waals surface area contributed by atoms with Crippen molar-refractivity contribution < 1.29 is 4.79 Å². The molecule has 0 aliphatic heterocycles. The molecular formula is C10H12N6O. The van der Waals surface area contributed by atoms with Gasteiger partial charge in [-0.3, -0.25) is 4.79 Å². The number of aromatic nitrogens is 4. The van der Waals surface area contributed by atoms with E-state index >= 15 is 0 Å². The Morgan fingerprint density at radius 1 is 1.47 bits per heavy atom. The van der Waals surface area contributed by atoms with Crippen molar-refractivity contribution in [3.05, 3.63) is 29.7 Å². The summed E-state index contributed by atoms with van der Waals surface area (Å²) in [5.74, 6) is 0.463. The normalized spacial score (nSPS) is 10.2. The minimum Gasteiger partial charge on any atom is -0.368 e. The number of carbonyl (C=O) groups excluding carboxylic acids is 1. The van der Waals surface area contributed by atoms with Gasteiger partial charge in [0.2, 0.25) is 5.95 Å². The van der Waals surface area contributed by atoms with E-state index in [0.29, 0.717) is 11.5 Å². The predicted octanol–water partition coefficient (Wildman–Crippen LogP) is -0.0875. The maximum atomic E-state index is 11.3. The number of hydrogen-bond acceptors (Lipinski definition) is 5. The molecule has 0 spiro atoms. The van der Waals surface area contributed by atoms with Crippen LogP contribution in [0.5, 0.6) is 0 Å². The number of nitrogens with one attached hydrogen (secondary N) is 1. The average Bonchev–Trinajstić information content (AvgIpc) is 2.76. The Morgan fingerprint density at radius 3 is 2.88 bits per heavy atom. The first-order chi connectivity index (χ1) is 8.10. The molecule has 2 aromatic heterocycles. The van der Waals surface area contributed by atoms with Crippen LogP contribution in [0.25, 0.3) is 5.82 Å². The van der Waals surface area contributed by atoms with Crippen molar-refractivity contribution in [2.45, 2.75) is 6.92 Å². The fourth-order valence-corrected chi connectivity index (χ4v) is 1.39. The molecule has 0 atom stereocenters. The van der Waals surface area contributed by atoms with Gasteiger partial charge in [-0.15, -0.1) is 0 Å². The lowest BCUT2D eigenvalue weighted by Crippen LogP contribution is -2.18. The molecule has 2 aromatic rings. The molecule has 3 N–H and O–H groups in total. The number of hydrogen-bond donors (Lipinski definition) is 2. The van der Waals surface area contributed by atoms with E-state index in [1.165, 1.54) is 4.68 Å². The van der Waals surface area contributed by atoms with Crippen molar-refractivity contribution in [3.8, 4) is 5.82 Å². The van der Waals surface area contributed by atoms with Gasteiger partial charge in [-0.25, -0.2) is 9.67 Å². The van der Waals surface area contributed by atoms with Crippen molar-refractivity contribution >= 4 is 11.9 Å². The Kier molecular flexibility index (Phi) is 2.73. The third-order valence-corrected chi connectivity index (χ3v) is 2.14. The van der Waals surface area contributed by atoms with Gasteiger partial charge >= 0.3 is 0 Å². The number of amides is 1. The summed E-state index contributed by atoms with van der Waals surface area (Å²) in [6.07, 6.45) is 1.64. The number of aryl methyl sites for hydroxylation is 1. The highest BCUT2D eigenvalue weighted by Crippen LogP contribution is 2.07. The van der Waals surface area contributed by atoms with Gasteiger partial charge in [0.25, 0.3) is 5.91 Å². The zero-order valence-electron chi connectivity index (χ0n) is 9.51. The molecule has 0 unspecified atom stereocenters. The van der Waals surface area contributed by atoms with Gasteiger partial charge in [-0.1, -0.05) is 0 Å². The maximum Gasteiger partial charge on any atom is 0.271 e. The van der Waals surface area contributed by atoms with E-state index in [2.05, 4.69) is 20.4 Å². The van der Waals surface area contributed by atoms with Gasteiger partial charge in [0, 0.05) is 25.0 Å². The van der Waals surface area contributed by atoms with Gasteiger partial charge in [0.05, 0.1) is 0 Å². The highest BCUT2D eigenvalue weighted by atomic mass is 16.1. The Hall–Kier alpha value is -2.44. The molecule has 7 heteroatoms. The number of carbonyl (C=O) groups is 1. The smallest absolute Gasteiger partial charge is 0.271 e. The van der Waals surface area contributed by atoms with E-state index in [4.69, 9.17) is 5.73 Å². The summed E-state index contributed by atoms with van der Waals surface area (Å²) in [5, 5.41) is 6.59. The van der Waals surface area contributed by atoms with Gasteiger partial charge in [-0.2, -0.15) is 10.1 Å². The third-order valence-electron chi connectivity index (χ3n) is 2.14. The molecule has 88 valence electrons. The Morgan fingerprint density at radius 2 is 2.24 bits per heavy atom. The van der Waals surface area contributed by atoms with Crippen LogP contribution in [0.4, 0.5) is 5.95 Å². The zero-order valence-corrected chi connectivity index (χ0v) is 9.51. The second-order valence-corrected chi connectivity index (χ2v) is 3.45. The van der Waals surface area contributed by atoms with Gasteiger partial charge < -0.3 is 11.1 Å². The molecule has 0 saturated carbocycles. The van der Waals surface area contributed by atoms with E-state index in [1.54, 1.807) is 25.4 Å². The zero-order chi connectivity index (χ0) is 12.4. The Balaban J connectivity index is 2.40. The average molecular weight is 232 g/mol. The summed E-state index contributed by atoms with van der Waals surface area (Å²) in [7, 11) is 1.55. The van der Waals surface area contributed by atoms with Crippen molar-refractivity contribution in [2.75, 3.05) is 12.8 Å². The Bertz CT molecular complexity index is 541. The number of nitrogen functional groups attached to an aromatic ring is 1. The molecule has 2 heterocycles. The van der Waals surface area contributed by atoms with Crippen LogP contribution in [0.15, 0.2) is 18.3 Å². The van der Waals surface area contributed by atoms with Crippen molar-refractivity contribution in [1.82, 2.24) is 25.1 Å². The van der Waals surface area contributed by atoms with Crippen LogP contribution in [0.1, 0.15) is 16.2 Å². The summed E-state index contributed by atoms with van der Waals surface area (Å²) >= 11 is 0. The van der Waals surface area contributed by atoms with Crippen LogP contribution < -0.4 is 11.1 Å². The molecule has 0 aliphatic carbocycles. The second kappa shape index (κ2) is 4.20. The SMILES string of the molecule is CNC(=O)c1ccn(-c2cc(C)nc(N)n2)n1. The van der Waals surface area contributed by atoms with Crippen LogP contribution in [0, 0.1) is 6.92 Å². The molecule has 17 heavy (non-hydrogen) atoms. The van der Waals surface area contributed by atoms with E-state index in [-0.39, 0.29) is 11.9 Å². The number of nitrogens with two attached hydrogens (primary N) is 1. The molecule has 2 rings (SSSR count). The highest BCUT2D eigenvalue weighted by molar-refractivity contribution is 5.91. The van der Waals surface area contributed by atoms with Crippen LogP contribution in [-0.2, 0) is 0 Å². The van der Waals surface area contributed by atoms with Gasteiger partial charge in [0.1, 0.15) is 0 Å². The molecule has 7 nitrogen and oxygen atoms in total. The standard InChI is InChI=1S/C10H12N6O/c1-6-5-8(14-10(11)13-6)16-4-3-7(15-16)9(17)12-2/h3-5H,1-2H3,(H,12,17)(H2,11,13,14). The van der Waals surface area contributed by atoms with Crippen molar-refractivity contribution in [1.29, 1.82) is 0 Å². The Labute approximate surface area is 97.7 Å². The van der Waals surface area contributed by atoms with Gasteiger partial charge in [-0.05, 0) is 13.0 Å². The predicted molar refractivity (Wildman–Crippen MR) is 61.7 cm³/mol. The molecule has 0 fully saturated rings. The lowest BCUT2D eigenvalue weighted by Gasteiger charge is -2.02. The van der Waals surface area contributed by atoms with E-state index in [0.717, 1.165) is 5.69 Å². The largest absolute Gasteiger partial charge is 0.368 e. The molecule has 0 saturated heterocycles. The topological polar surface area (TPSA) is 98.7 Å². The van der Waals surface area contributed by atoms with Crippen molar-refractivity contribution in [2.24, 2.45) is 0 Å². The molecule has 0 aromatic carbocycles. The lowest BCUT2D eigenvalue weighted by molar-refractivity contribution is 0.0957. The summed E-state index contributed by atoms with van der Waals surface area (Å²) in [4.78, 5) is 19.3. The second-order valence-electron chi connectivity index (χ2n) is 3.45. The summed E-state index contributed by atoms with van der Waals surface area (Å²) < 4.78 is 1.48. The van der Waals surface area contributed by atoms with Gasteiger partial charge in [0.15, 0.2) is 11.5 Å². The fourth-order valence-electron chi connectivity index (χ4n) is 1.39. The highest BCUT2D eigenvalue weighted by Gasteiger charge is 2.09. The molecule has 1 amide bonds. The quantitative estimate of drug-likeness (QED) is 0.754. The first-order valence-corrected chi connectivity index (χ1v) is 4.99. The molecule has 0 aliphatic rings. The van der Waals surface area contributed by atoms with E-state index < -0.39 is 0 Å². The minimum absolute atomic E-state index is 0.178. The van der Waals surface area contributed by atoms with Crippen LogP contribution in [0.3, 0.4) is 0 Å². The van der Waals surface area contributed by atoms with Crippen LogP contribution in [-0.4, -0.2) is 32.7 Å². The minimum atomic E-state index is -0.248. The summed E-state index contributed by atoms with van der Waals surface area (Å²) in [6, 6.07) is 3.34. The maximum absolute atomic E-state index is 11.3. The third kappa shape index (κ3) is 2.22. The first kappa shape index (κ1) is 11.1. The molecular weight excluding hydrogens is 220 g/mol. The lowest BCUT2D eigenvalue weighted by atomic mass is 10.4. The van der Waals surface area contributed by atoms with Crippen LogP contribution in [0.2, 0.25) is 0 Å². The number of nitrogens with zero attached hydrogens (tertiary/aromatic N) is 4. The summed E-state index contributed by atoms with van der Waals surface area (Å²) in [5.41, 5.74) is 6.61. The van der Waals surface area contributed by atoms with Crippen LogP contribution >= 0.6 is 0 Å². The monoisotopic (exact) mass is 232 g/mol. The number of rotatable bonds is 2. The van der Waals surface area contributed by atoms with E-state index in [9.17, 15) is 4.79 Å². The molecule has 0 radical (unpaired) electrons. The first-order valence-electron chi connectivity index (χ1n) is 4.99. The van der Waals surface area contributed by atoms with Crippen molar-refractivity contribution in [3.63, 3.8) is 0 Å². The number of anilines is 1. The summed E-state index contributed by atoms with van der Waals surface area (Å²) in [6.45, 7) is 1.81. The molecule has 0 bridgehead atoms. The fraction of sp³-hybridized carbons (Fsp3) is 0.200.